The number of aliphatic hydroxyl groups is 1. The summed E-state index contributed by atoms with van der Waals surface area (Å²) in [5.74, 6) is -1.54. The van der Waals surface area contributed by atoms with Crippen LogP contribution in [0.5, 0.6) is 0 Å². The van der Waals surface area contributed by atoms with Crippen molar-refractivity contribution in [3.8, 4) is 11.3 Å². The van der Waals surface area contributed by atoms with E-state index in [1.54, 1.807) is 13.0 Å². The summed E-state index contributed by atoms with van der Waals surface area (Å²) in [5.41, 5.74) is 1.68. The molecule has 1 aliphatic rings. The molecule has 1 aliphatic heterocycles. The fourth-order valence-corrected chi connectivity index (χ4v) is 5.12. The van der Waals surface area contributed by atoms with Crippen molar-refractivity contribution in [1.29, 1.82) is 0 Å². The molecule has 0 spiro atoms. The van der Waals surface area contributed by atoms with E-state index >= 15 is 0 Å². The van der Waals surface area contributed by atoms with Crippen LogP contribution >= 0.6 is 0 Å². The number of esters is 1. The van der Waals surface area contributed by atoms with E-state index in [-0.39, 0.29) is 35.7 Å². The molecule has 0 saturated carbocycles. The van der Waals surface area contributed by atoms with E-state index in [4.69, 9.17) is 19.0 Å². The minimum absolute atomic E-state index is 0.159. The van der Waals surface area contributed by atoms with Gasteiger partial charge in [-0.05, 0) is 37.3 Å². The van der Waals surface area contributed by atoms with Crippen LogP contribution in [0.25, 0.3) is 22.3 Å². The number of fused-ring (bicyclic) bond motifs is 2. The molecule has 4 rings (SSSR count). The Hall–Kier alpha value is -3.48. The molecule has 10 nitrogen and oxygen atoms in total. The lowest BCUT2D eigenvalue weighted by Crippen LogP contribution is -2.39. The van der Waals surface area contributed by atoms with Crippen LogP contribution in [0.3, 0.4) is 0 Å². The summed E-state index contributed by atoms with van der Waals surface area (Å²) in [7, 11) is -2.35. The number of ether oxygens (including phenoxy) is 2. The minimum atomic E-state index is -3.81. The van der Waals surface area contributed by atoms with E-state index in [9.17, 15) is 22.4 Å². The highest BCUT2D eigenvalue weighted by Crippen LogP contribution is 2.42. The van der Waals surface area contributed by atoms with Gasteiger partial charge in [0.25, 0.3) is 5.91 Å². The SMILES string of the molecule is CNC(=O)c1c(-c2ccc(F)cc2)oc2cc3c(cc12)[C@H](C)O[C@H](COC(=O)CO)CN3S(C)(=O)=O. The van der Waals surface area contributed by atoms with Gasteiger partial charge in [-0.3, -0.25) is 9.10 Å². The lowest BCUT2D eigenvalue weighted by molar-refractivity contribution is -0.152. The highest BCUT2D eigenvalue weighted by atomic mass is 32.2. The minimum Gasteiger partial charge on any atom is -0.461 e. The van der Waals surface area contributed by atoms with Crippen molar-refractivity contribution in [2.75, 3.05) is 37.4 Å². The van der Waals surface area contributed by atoms with Gasteiger partial charge in [0.05, 0.1) is 30.2 Å². The van der Waals surface area contributed by atoms with Crippen molar-refractivity contribution in [1.82, 2.24) is 5.32 Å². The molecular weight excluding hydrogens is 495 g/mol. The van der Waals surface area contributed by atoms with E-state index in [1.807, 2.05) is 0 Å². The van der Waals surface area contributed by atoms with Crippen molar-refractivity contribution < 1.29 is 41.4 Å². The van der Waals surface area contributed by atoms with Gasteiger partial charge in [0.2, 0.25) is 10.0 Å². The van der Waals surface area contributed by atoms with Crippen LogP contribution < -0.4 is 9.62 Å². The van der Waals surface area contributed by atoms with Crippen LogP contribution in [-0.2, 0) is 24.3 Å². The van der Waals surface area contributed by atoms with Crippen molar-refractivity contribution >= 4 is 38.6 Å². The standard InChI is InChI=1S/C24H25FN2O8S/c1-13-17-8-18-20(35-23(22(18)24(30)26-2)14-4-6-15(25)7-5-14)9-19(17)27(36(3,31)32)10-16(34-13)12-33-21(29)11-28/h4-9,13,16,28H,10-12H2,1-3H3,(H,26,30)/t13-,16-/m0/s1. The second-order valence-electron chi connectivity index (χ2n) is 8.33. The summed E-state index contributed by atoms with van der Waals surface area (Å²) in [6.45, 7) is 0.470. The summed E-state index contributed by atoms with van der Waals surface area (Å²) >= 11 is 0. The Balaban J connectivity index is 1.89. The van der Waals surface area contributed by atoms with E-state index < -0.39 is 46.5 Å². The smallest absolute Gasteiger partial charge is 0.331 e. The van der Waals surface area contributed by atoms with Gasteiger partial charge in [0, 0.05) is 29.6 Å². The van der Waals surface area contributed by atoms with Gasteiger partial charge >= 0.3 is 5.97 Å². The van der Waals surface area contributed by atoms with Gasteiger partial charge in [0.1, 0.15) is 36.5 Å². The first-order valence-electron chi connectivity index (χ1n) is 11.0. The quantitative estimate of drug-likeness (QED) is 0.473. The lowest BCUT2D eigenvalue weighted by Gasteiger charge is -2.24. The third-order valence-corrected chi connectivity index (χ3v) is 6.98. The van der Waals surface area contributed by atoms with Gasteiger partial charge in [-0.2, -0.15) is 0 Å². The van der Waals surface area contributed by atoms with Gasteiger partial charge in [0.15, 0.2) is 0 Å². The van der Waals surface area contributed by atoms with Crippen LogP contribution in [0.15, 0.2) is 40.8 Å². The number of furan rings is 1. The van der Waals surface area contributed by atoms with E-state index in [1.165, 1.54) is 37.4 Å². The molecule has 2 aromatic carbocycles. The largest absolute Gasteiger partial charge is 0.461 e. The van der Waals surface area contributed by atoms with Gasteiger partial charge in [-0.1, -0.05) is 0 Å². The van der Waals surface area contributed by atoms with Crippen LogP contribution in [0.1, 0.15) is 28.9 Å². The molecule has 2 atom stereocenters. The molecular formula is C24H25FN2O8S. The molecule has 0 saturated heterocycles. The van der Waals surface area contributed by atoms with Crippen molar-refractivity contribution in [2.24, 2.45) is 0 Å². The van der Waals surface area contributed by atoms with Gasteiger partial charge in [-0.25, -0.2) is 17.6 Å². The van der Waals surface area contributed by atoms with Crippen molar-refractivity contribution in [2.45, 2.75) is 19.1 Å². The number of hydrogen-bond donors (Lipinski definition) is 2. The van der Waals surface area contributed by atoms with E-state index in [0.29, 0.717) is 16.5 Å². The predicted molar refractivity (Wildman–Crippen MR) is 129 cm³/mol. The molecule has 0 unspecified atom stereocenters. The number of carbonyl (C=O) groups excluding carboxylic acids is 2. The molecule has 1 aromatic heterocycles. The average Bonchev–Trinajstić information content (AvgIpc) is 3.14. The lowest BCUT2D eigenvalue weighted by atomic mass is 10.0. The number of hydrogen-bond acceptors (Lipinski definition) is 8. The molecule has 2 N–H and O–H groups in total. The number of benzene rings is 2. The van der Waals surface area contributed by atoms with E-state index in [2.05, 4.69) is 5.32 Å². The van der Waals surface area contributed by atoms with Crippen LogP contribution in [0.4, 0.5) is 10.1 Å². The van der Waals surface area contributed by atoms with Crippen LogP contribution in [-0.4, -0.2) is 64.6 Å². The topological polar surface area (TPSA) is 135 Å². The number of carbonyl (C=O) groups is 2. The molecule has 192 valence electrons. The Morgan fingerprint density at radius 2 is 1.94 bits per heavy atom. The number of nitrogens with zero attached hydrogens (tertiary/aromatic N) is 1. The number of amides is 1. The first-order chi connectivity index (χ1) is 17.0. The number of nitrogens with one attached hydrogen (secondary N) is 1. The maximum atomic E-state index is 13.5. The molecule has 0 aliphatic carbocycles. The Bertz CT molecular complexity index is 1420. The third kappa shape index (κ3) is 4.92. The first-order valence-corrected chi connectivity index (χ1v) is 12.9. The molecule has 0 fully saturated rings. The van der Waals surface area contributed by atoms with Crippen molar-refractivity contribution in [3.63, 3.8) is 0 Å². The normalized spacial score (nSPS) is 18.0. The highest BCUT2D eigenvalue weighted by Gasteiger charge is 2.34. The molecule has 2 heterocycles. The zero-order valence-electron chi connectivity index (χ0n) is 19.8. The molecule has 36 heavy (non-hydrogen) atoms. The molecule has 0 bridgehead atoms. The Morgan fingerprint density at radius 3 is 2.56 bits per heavy atom. The maximum absolute atomic E-state index is 13.5. The van der Waals surface area contributed by atoms with Crippen LogP contribution in [0.2, 0.25) is 0 Å². The molecule has 1 amide bonds. The zero-order valence-corrected chi connectivity index (χ0v) is 20.6. The van der Waals surface area contributed by atoms with Gasteiger partial charge in [-0.15, -0.1) is 0 Å². The Labute approximate surface area is 206 Å². The summed E-state index contributed by atoms with van der Waals surface area (Å²) in [4.78, 5) is 24.3. The number of sulfonamides is 1. The second-order valence-corrected chi connectivity index (χ2v) is 10.2. The van der Waals surface area contributed by atoms with Crippen molar-refractivity contribution in [3.05, 3.63) is 53.3 Å². The summed E-state index contributed by atoms with van der Waals surface area (Å²) < 4.78 is 57.1. The summed E-state index contributed by atoms with van der Waals surface area (Å²) in [5, 5.41) is 11.9. The van der Waals surface area contributed by atoms with E-state index in [0.717, 1.165) is 10.6 Å². The number of rotatable bonds is 6. The van der Waals surface area contributed by atoms with Gasteiger partial charge < -0.3 is 24.3 Å². The predicted octanol–water partition coefficient (Wildman–Crippen LogP) is 2.36. The first kappa shape index (κ1) is 25.6. The Kier molecular flexibility index (Phi) is 7.03. The number of aliphatic hydroxyl groups excluding tert-OH is 1. The fraction of sp³-hybridized carbons (Fsp3) is 0.333. The molecule has 0 radical (unpaired) electrons. The maximum Gasteiger partial charge on any atom is 0.331 e. The molecule has 3 aromatic rings. The number of anilines is 1. The second kappa shape index (κ2) is 9.88. The summed E-state index contributed by atoms with van der Waals surface area (Å²) in [6, 6.07) is 8.62. The Morgan fingerprint density at radius 1 is 1.25 bits per heavy atom. The third-order valence-electron chi connectivity index (χ3n) is 5.83. The monoisotopic (exact) mass is 520 g/mol. The zero-order chi connectivity index (χ0) is 26.2. The fourth-order valence-electron chi connectivity index (χ4n) is 4.17. The summed E-state index contributed by atoms with van der Waals surface area (Å²) in [6.07, 6.45) is -0.441. The van der Waals surface area contributed by atoms with Crippen LogP contribution in [0, 0.1) is 5.82 Å². The number of halogens is 1. The molecule has 12 heteroatoms. The highest BCUT2D eigenvalue weighted by molar-refractivity contribution is 7.92. The average molecular weight is 521 g/mol.